The lowest BCUT2D eigenvalue weighted by Gasteiger charge is -2.29. The molecule has 7 nitrogen and oxygen atoms in total. The van der Waals surface area contributed by atoms with Crippen LogP contribution in [0.15, 0.2) is 30.0 Å². The lowest BCUT2D eigenvalue weighted by molar-refractivity contribution is -0.222. The van der Waals surface area contributed by atoms with Gasteiger partial charge in [-0.15, -0.1) is 0 Å². The number of nitrogens with one attached hydrogen (secondary N) is 1. The summed E-state index contributed by atoms with van der Waals surface area (Å²) in [5.74, 6) is -3.68. The topological polar surface area (TPSA) is 83.1 Å². The molecule has 0 amide bonds. The fourth-order valence-electron chi connectivity index (χ4n) is 2.12. The van der Waals surface area contributed by atoms with Gasteiger partial charge in [0.1, 0.15) is 0 Å². The van der Waals surface area contributed by atoms with Crippen LogP contribution < -0.4 is 5.32 Å². The Morgan fingerprint density at radius 1 is 1.17 bits per heavy atom. The molecule has 1 fully saturated rings. The van der Waals surface area contributed by atoms with Gasteiger partial charge in [0.2, 0.25) is 0 Å². The van der Waals surface area contributed by atoms with E-state index in [1.807, 2.05) is 0 Å². The first kappa shape index (κ1) is 17.9. The Kier molecular flexibility index (Phi) is 5.20. The van der Waals surface area contributed by atoms with Crippen LogP contribution in [0.5, 0.6) is 0 Å². The number of hydrogen-bond donors (Lipinski definition) is 1. The number of carbonyl (C=O) groups is 2. The summed E-state index contributed by atoms with van der Waals surface area (Å²) in [7, 11) is 2.76. The minimum absolute atomic E-state index is 0.0320. The van der Waals surface area contributed by atoms with E-state index in [4.69, 9.17) is 18.9 Å². The van der Waals surface area contributed by atoms with Crippen molar-refractivity contribution in [1.29, 1.82) is 0 Å². The summed E-state index contributed by atoms with van der Waals surface area (Å²) < 4.78 is 34.4. The van der Waals surface area contributed by atoms with Crippen LogP contribution in [0.25, 0.3) is 0 Å². The van der Waals surface area contributed by atoms with E-state index in [-0.39, 0.29) is 16.8 Å². The molecule has 24 heavy (non-hydrogen) atoms. The fourth-order valence-corrected chi connectivity index (χ4v) is 2.12. The van der Waals surface area contributed by atoms with Gasteiger partial charge >= 0.3 is 11.9 Å². The molecule has 0 aliphatic carbocycles. The maximum Gasteiger partial charge on any atom is 0.350 e. The fraction of sp³-hybridized carbons (Fsp3) is 0.375. The van der Waals surface area contributed by atoms with Gasteiger partial charge in [0.15, 0.2) is 17.7 Å². The van der Waals surface area contributed by atoms with Crippen molar-refractivity contribution in [2.45, 2.75) is 25.9 Å². The summed E-state index contributed by atoms with van der Waals surface area (Å²) >= 11 is 0. The Morgan fingerprint density at radius 2 is 1.75 bits per heavy atom. The molecule has 1 N–H and O–H groups in total. The second-order valence-corrected chi connectivity index (χ2v) is 5.39. The summed E-state index contributed by atoms with van der Waals surface area (Å²) in [5, 5.41) is 2.56. The largest absolute Gasteiger partial charge is 0.419 e. The summed E-state index contributed by atoms with van der Waals surface area (Å²) in [6.45, 7) is 2.87. The molecule has 1 aliphatic heterocycles. The number of benzene rings is 1. The average molecular weight is 339 g/mol. The van der Waals surface area contributed by atoms with Gasteiger partial charge in [-0.1, -0.05) is 12.1 Å². The minimum atomic E-state index is -1.33. The lowest BCUT2D eigenvalue weighted by atomic mass is 10.1. The van der Waals surface area contributed by atoms with Crippen LogP contribution in [0.4, 0.5) is 10.1 Å². The van der Waals surface area contributed by atoms with Gasteiger partial charge < -0.3 is 24.3 Å². The third-order valence-corrected chi connectivity index (χ3v) is 3.20. The molecule has 0 unspecified atom stereocenters. The maximum absolute atomic E-state index is 14.5. The van der Waals surface area contributed by atoms with Crippen molar-refractivity contribution in [3.8, 4) is 0 Å². The van der Waals surface area contributed by atoms with E-state index in [1.165, 1.54) is 40.2 Å². The van der Waals surface area contributed by atoms with Crippen molar-refractivity contribution in [3.05, 3.63) is 41.4 Å². The molecule has 0 aromatic heterocycles. The summed E-state index contributed by atoms with van der Waals surface area (Å²) in [6, 6.07) is 4.50. The number of halogens is 1. The summed E-state index contributed by atoms with van der Waals surface area (Å²) in [4.78, 5) is 23.7. The van der Waals surface area contributed by atoms with E-state index < -0.39 is 29.8 Å². The molecule has 1 aromatic rings. The monoisotopic (exact) mass is 339 g/mol. The first-order valence-electron chi connectivity index (χ1n) is 7.06. The average Bonchev–Trinajstić information content (AvgIpc) is 2.49. The molecule has 0 bridgehead atoms. The van der Waals surface area contributed by atoms with E-state index in [2.05, 4.69) is 5.32 Å². The second-order valence-electron chi connectivity index (χ2n) is 5.39. The highest BCUT2D eigenvalue weighted by molar-refractivity contribution is 6.15. The van der Waals surface area contributed by atoms with Gasteiger partial charge in [0, 0.05) is 39.8 Å². The zero-order chi connectivity index (χ0) is 17.9. The number of methoxy groups -OCH3 is 2. The van der Waals surface area contributed by atoms with Gasteiger partial charge in [-0.3, -0.25) is 0 Å². The maximum atomic E-state index is 14.5. The Labute approximate surface area is 138 Å². The predicted molar refractivity (Wildman–Crippen MR) is 81.1 cm³/mol. The Bertz CT molecular complexity index is 659. The van der Waals surface area contributed by atoms with Crippen LogP contribution in [0, 0.1) is 5.82 Å². The van der Waals surface area contributed by atoms with E-state index in [1.54, 1.807) is 6.07 Å². The van der Waals surface area contributed by atoms with E-state index in [9.17, 15) is 14.0 Å². The van der Waals surface area contributed by atoms with Crippen LogP contribution in [0.3, 0.4) is 0 Å². The smallest absolute Gasteiger partial charge is 0.350 e. The number of cyclic esters (lactones) is 2. The van der Waals surface area contributed by atoms with Crippen molar-refractivity contribution >= 4 is 17.6 Å². The summed E-state index contributed by atoms with van der Waals surface area (Å²) in [6.07, 6.45) is 0.154. The van der Waals surface area contributed by atoms with Crippen molar-refractivity contribution in [2.24, 2.45) is 0 Å². The predicted octanol–water partition coefficient (Wildman–Crippen LogP) is 2.25. The number of ether oxygens (including phenoxy) is 4. The number of hydrogen-bond acceptors (Lipinski definition) is 7. The van der Waals surface area contributed by atoms with Crippen LogP contribution >= 0.6 is 0 Å². The number of carbonyl (C=O) groups excluding carboxylic acids is 2. The van der Waals surface area contributed by atoms with Crippen molar-refractivity contribution < 1.29 is 32.9 Å². The molecular formula is C16H18FNO6. The van der Waals surface area contributed by atoms with Crippen molar-refractivity contribution in [3.63, 3.8) is 0 Å². The normalized spacial score (nSPS) is 16.7. The molecule has 0 saturated carbocycles. The molecule has 0 atom stereocenters. The van der Waals surface area contributed by atoms with E-state index >= 15 is 0 Å². The zero-order valence-electron chi connectivity index (χ0n) is 13.7. The van der Waals surface area contributed by atoms with Crippen molar-refractivity contribution in [2.75, 3.05) is 19.5 Å². The first-order chi connectivity index (χ1) is 11.3. The molecule has 8 heteroatoms. The molecule has 0 spiro atoms. The van der Waals surface area contributed by atoms with Crippen LogP contribution in [-0.4, -0.2) is 31.9 Å². The molecule has 1 aromatic carbocycles. The van der Waals surface area contributed by atoms with Gasteiger partial charge in [0.25, 0.3) is 5.79 Å². The number of rotatable bonds is 5. The van der Waals surface area contributed by atoms with E-state index in [0.29, 0.717) is 0 Å². The zero-order valence-corrected chi connectivity index (χ0v) is 13.7. The quantitative estimate of drug-likeness (QED) is 0.381. The third kappa shape index (κ3) is 3.72. The van der Waals surface area contributed by atoms with Crippen molar-refractivity contribution in [1.82, 2.24) is 0 Å². The Balaban J connectivity index is 2.25. The molecule has 0 radical (unpaired) electrons. The standard InChI is InChI=1S/C16H18FNO6/c1-16(2)23-13(19)10(14(20)24-16)8-18-11-7-5-6-9(12(11)17)15(21-3)22-4/h5-8,15,18H,1-4H3. The molecular weight excluding hydrogens is 321 g/mol. The van der Waals surface area contributed by atoms with Crippen LogP contribution in [-0.2, 0) is 28.5 Å². The van der Waals surface area contributed by atoms with E-state index in [0.717, 1.165) is 6.20 Å². The summed E-state index contributed by atoms with van der Waals surface area (Å²) in [5.41, 5.74) is -0.169. The van der Waals surface area contributed by atoms with Gasteiger partial charge in [-0.05, 0) is 6.07 Å². The molecule has 1 aliphatic rings. The number of anilines is 1. The highest BCUT2D eigenvalue weighted by Crippen LogP contribution is 2.27. The molecule has 1 heterocycles. The highest BCUT2D eigenvalue weighted by Gasteiger charge is 2.39. The van der Waals surface area contributed by atoms with Crippen LogP contribution in [0.1, 0.15) is 25.7 Å². The molecule has 130 valence electrons. The third-order valence-electron chi connectivity index (χ3n) is 3.20. The van der Waals surface area contributed by atoms with Gasteiger partial charge in [-0.2, -0.15) is 0 Å². The lowest BCUT2D eigenvalue weighted by Crippen LogP contribution is -2.42. The molecule has 1 saturated heterocycles. The van der Waals surface area contributed by atoms with Crippen LogP contribution in [0.2, 0.25) is 0 Å². The van der Waals surface area contributed by atoms with Gasteiger partial charge in [0.05, 0.1) is 5.69 Å². The SMILES string of the molecule is COC(OC)c1cccc(NC=C2C(=O)OC(C)(C)OC2=O)c1F. The van der Waals surface area contributed by atoms with Gasteiger partial charge in [-0.25, -0.2) is 14.0 Å². The highest BCUT2D eigenvalue weighted by atomic mass is 19.1. The Hall–Kier alpha value is -2.45. The minimum Gasteiger partial charge on any atom is -0.419 e. The molecule has 2 rings (SSSR count). The second kappa shape index (κ2) is 6.98. The Morgan fingerprint density at radius 3 is 2.29 bits per heavy atom. The number of esters is 2. The first-order valence-corrected chi connectivity index (χ1v) is 7.06.